The molecule has 0 spiro atoms. The molecule has 182 valence electrons. The van der Waals surface area contributed by atoms with Crippen molar-refractivity contribution in [2.24, 2.45) is 0 Å². The van der Waals surface area contributed by atoms with E-state index in [-0.39, 0.29) is 12.5 Å². The molecule has 1 aromatic heterocycles. The Morgan fingerprint density at radius 3 is 2.43 bits per heavy atom. The van der Waals surface area contributed by atoms with E-state index in [1.54, 1.807) is 24.3 Å². The van der Waals surface area contributed by atoms with Crippen molar-refractivity contribution in [3.05, 3.63) is 66.0 Å². The second-order valence-corrected chi connectivity index (χ2v) is 9.63. The Labute approximate surface area is 211 Å². The van der Waals surface area contributed by atoms with Gasteiger partial charge in [0.25, 0.3) is 0 Å². The zero-order valence-corrected chi connectivity index (χ0v) is 21.3. The third kappa shape index (κ3) is 5.51. The molecule has 8 nitrogen and oxygen atoms in total. The van der Waals surface area contributed by atoms with Crippen LogP contribution in [0.1, 0.15) is 6.92 Å². The van der Waals surface area contributed by atoms with Crippen LogP contribution in [0.25, 0.3) is 22.0 Å². The minimum absolute atomic E-state index is 0.164. The number of fused-ring (bicyclic) bond motifs is 1. The van der Waals surface area contributed by atoms with Crippen molar-refractivity contribution in [3.63, 3.8) is 0 Å². The van der Waals surface area contributed by atoms with Gasteiger partial charge >= 0.3 is 0 Å². The summed E-state index contributed by atoms with van der Waals surface area (Å²) in [5.41, 5.74) is 3.45. The fourth-order valence-electron chi connectivity index (χ4n) is 3.81. The van der Waals surface area contributed by atoms with Gasteiger partial charge in [0, 0.05) is 41.5 Å². The highest BCUT2D eigenvalue weighted by atomic mass is 32.2. The lowest BCUT2D eigenvalue weighted by Gasteiger charge is -2.28. The topological polar surface area (TPSA) is 101 Å². The van der Waals surface area contributed by atoms with Crippen LogP contribution in [0.5, 0.6) is 0 Å². The molecule has 0 fully saturated rings. The smallest absolute Gasteiger partial charge is 0.240 e. The van der Waals surface area contributed by atoms with Crippen molar-refractivity contribution >= 4 is 61.5 Å². The maximum absolute atomic E-state index is 12.5. The fourth-order valence-corrected chi connectivity index (χ4v) is 5.15. The maximum Gasteiger partial charge on any atom is 0.240 e. The molecular formula is C25H26N5O3S2-. The summed E-state index contributed by atoms with van der Waals surface area (Å²) in [6.07, 6.45) is 0. The van der Waals surface area contributed by atoms with Gasteiger partial charge in [-0.25, -0.2) is 4.98 Å². The van der Waals surface area contributed by atoms with Crippen molar-refractivity contribution < 1.29 is 13.6 Å². The van der Waals surface area contributed by atoms with Gasteiger partial charge in [-0.1, -0.05) is 43.3 Å². The van der Waals surface area contributed by atoms with E-state index in [9.17, 15) is 13.6 Å². The average molecular weight is 509 g/mol. The molecule has 0 radical (unpaired) electrons. The van der Waals surface area contributed by atoms with Crippen LogP contribution in [0.2, 0.25) is 0 Å². The number of carbonyl (C=O) groups is 1. The van der Waals surface area contributed by atoms with Crippen LogP contribution in [0.4, 0.5) is 22.2 Å². The van der Waals surface area contributed by atoms with E-state index >= 15 is 0 Å². The standard InChI is InChI=1S/C25H27N5O3S2/c1-4-26-15-24(31)28-25-27-21(16-34-25)17-8-5-9-18(14-17)30(35(32)33)23-13-7-10-19-20(23)11-6-12-22(19)29(2)3/h5-14,16,26H,4,15H2,1-3H3,(H,32,33)(H,27,28,31)/p-1. The second-order valence-electron chi connectivity index (χ2n) is 7.97. The number of nitrogens with zero attached hydrogens (tertiary/aromatic N) is 3. The van der Waals surface area contributed by atoms with Crippen LogP contribution < -0.4 is 19.8 Å². The van der Waals surface area contributed by atoms with Crippen LogP contribution in [0.3, 0.4) is 0 Å². The van der Waals surface area contributed by atoms with E-state index in [1.807, 2.05) is 67.7 Å². The van der Waals surface area contributed by atoms with Gasteiger partial charge in [0.1, 0.15) is 0 Å². The van der Waals surface area contributed by atoms with Crippen molar-refractivity contribution in [1.82, 2.24) is 10.3 Å². The number of hydrogen-bond donors (Lipinski definition) is 2. The zero-order chi connectivity index (χ0) is 24.9. The number of carbonyl (C=O) groups excluding carboxylic acids is 1. The minimum atomic E-state index is -2.56. The first-order chi connectivity index (χ1) is 16.9. The van der Waals surface area contributed by atoms with E-state index in [2.05, 4.69) is 15.6 Å². The number of amides is 1. The van der Waals surface area contributed by atoms with Gasteiger partial charge in [-0.05, 0) is 30.8 Å². The Bertz CT molecular complexity index is 1370. The average Bonchev–Trinajstić information content (AvgIpc) is 3.31. The van der Waals surface area contributed by atoms with Crippen LogP contribution >= 0.6 is 11.3 Å². The first kappa shape index (κ1) is 24.8. The van der Waals surface area contributed by atoms with Gasteiger partial charge in [-0.15, -0.1) is 11.3 Å². The van der Waals surface area contributed by atoms with E-state index in [0.29, 0.717) is 28.7 Å². The lowest BCUT2D eigenvalue weighted by molar-refractivity contribution is -0.115. The monoisotopic (exact) mass is 508 g/mol. The molecule has 1 unspecified atom stereocenters. The molecule has 1 amide bonds. The molecule has 0 saturated heterocycles. The summed E-state index contributed by atoms with van der Waals surface area (Å²) in [5, 5.41) is 9.86. The highest BCUT2D eigenvalue weighted by Gasteiger charge is 2.17. The molecule has 0 aliphatic carbocycles. The third-order valence-corrected chi connectivity index (χ3v) is 6.85. The summed E-state index contributed by atoms with van der Waals surface area (Å²) in [7, 11) is 3.92. The normalized spacial score (nSPS) is 11.9. The largest absolute Gasteiger partial charge is 0.755 e. The molecule has 1 heterocycles. The lowest BCUT2D eigenvalue weighted by atomic mass is 10.1. The Kier molecular flexibility index (Phi) is 7.76. The Morgan fingerprint density at radius 1 is 1.06 bits per heavy atom. The summed E-state index contributed by atoms with van der Waals surface area (Å²) in [4.78, 5) is 18.5. The first-order valence-corrected chi connectivity index (χ1v) is 12.9. The van der Waals surface area contributed by atoms with Crippen LogP contribution in [-0.2, 0) is 16.1 Å². The quantitative estimate of drug-likeness (QED) is 0.323. The number of thiazole rings is 1. The number of nitrogens with one attached hydrogen (secondary N) is 2. The zero-order valence-electron chi connectivity index (χ0n) is 19.6. The van der Waals surface area contributed by atoms with Crippen molar-refractivity contribution in [1.29, 1.82) is 0 Å². The second kappa shape index (κ2) is 11.0. The van der Waals surface area contributed by atoms with Crippen LogP contribution in [-0.4, -0.2) is 46.8 Å². The molecule has 0 aliphatic rings. The molecule has 2 N–H and O–H groups in total. The van der Waals surface area contributed by atoms with E-state index in [1.165, 1.54) is 15.6 Å². The SMILES string of the molecule is CCNCC(=O)Nc1nc(-c2cccc(N(c3cccc4c(N(C)C)cccc34)S(=O)[O-])c2)cs1. The first-order valence-electron chi connectivity index (χ1n) is 11.0. The van der Waals surface area contributed by atoms with Crippen molar-refractivity contribution in [2.45, 2.75) is 6.92 Å². The molecule has 10 heteroatoms. The number of aromatic nitrogens is 1. The molecule has 0 saturated carbocycles. The molecular weight excluding hydrogens is 482 g/mol. The number of likely N-dealkylation sites (N-methyl/N-ethyl adjacent to an activating group) is 1. The predicted molar refractivity (Wildman–Crippen MR) is 144 cm³/mol. The maximum atomic E-state index is 12.5. The highest BCUT2D eigenvalue weighted by Crippen LogP contribution is 2.38. The molecule has 3 aromatic carbocycles. The third-order valence-electron chi connectivity index (χ3n) is 5.39. The molecule has 1 atom stereocenters. The predicted octanol–water partition coefficient (Wildman–Crippen LogP) is 4.51. The Balaban J connectivity index is 1.70. The summed E-state index contributed by atoms with van der Waals surface area (Å²) >= 11 is -1.24. The number of benzene rings is 3. The van der Waals surface area contributed by atoms with Gasteiger partial charge < -0.3 is 20.1 Å². The molecule has 4 rings (SSSR count). The van der Waals surface area contributed by atoms with E-state index in [0.717, 1.165) is 22.0 Å². The lowest BCUT2D eigenvalue weighted by Crippen LogP contribution is -2.27. The van der Waals surface area contributed by atoms with Crippen molar-refractivity contribution in [3.8, 4) is 11.3 Å². The van der Waals surface area contributed by atoms with Crippen molar-refractivity contribution in [2.75, 3.05) is 41.7 Å². The van der Waals surface area contributed by atoms with E-state index < -0.39 is 11.3 Å². The van der Waals surface area contributed by atoms with Crippen LogP contribution in [0.15, 0.2) is 66.0 Å². The van der Waals surface area contributed by atoms with Gasteiger partial charge in [0.15, 0.2) is 5.13 Å². The van der Waals surface area contributed by atoms with Gasteiger partial charge in [0.05, 0.1) is 34.9 Å². The van der Waals surface area contributed by atoms with Gasteiger partial charge in [-0.2, -0.15) is 0 Å². The Hall–Kier alpha value is -3.31. The van der Waals surface area contributed by atoms with E-state index in [4.69, 9.17) is 0 Å². The van der Waals surface area contributed by atoms with Gasteiger partial charge in [-0.3, -0.25) is 13.3 Å². The Morgan fingerprint density at radius 2 is 1.74 bits per heavy atom. The number of anilines is 4. The number of rotatable bonds is 9. The molecule has 35 heavy (non-hydrogen) atoms. The summed E-state index contributed by atoms with van der Waals surface area (Å²) in [6, 6.07) is 18.7. The highest BCUT2D eigenvalue weighted by molar-refractivity contribution is 7.81. The fraction of sp³-hybridized carbons (Fsp3) is 0.200. The van der Waals surface area contributed by atoms with Crippen LogP contribution in [0, 0.1) is 0 Å². The molecule has 0 aliphatic heterocycles. The number of hydrogen-bond acceptors (Lipinski definition) is 7. The molecule has 0 bridgehead atoms. The summed E-state index contributed by atoms with van der Waals surface area (Å²) in [5.74, 6) is -0.164. The minimum Gasteiger partial charge on any atom is -0.755 e. The molecule has 4 aromatic rings. The summed E-state index contributed by atoms with van der Waals surface area (Å²) < 4.78 is 26.2. The summed E-state index contributed by atoms with van der Waals surface area (Å²) in [6.45, 7) is 2.85. The van der Waals surface area contributed by atoms with Gasteiger partial charge in [0.2, 0.25) is 5.91 Å².